The molecule has 2 N–H and O–H groups in total. The van der Waals surface area contributed by atoms with Gasteiger partial charge >= 0.3 is 6.03 Å². The number of hydrogen-bond donors (Lipinski definition) is 2. The SMILES string of the molecule is COc1ccccc1CNC(=O)c1cccc(N2C(=O)NC3CC2(C)Oc2ccccc23)c1. The van der Waals surface area contributed by atoms with Crippen LogP contribution in [0.3, 0.4) is 0 Å². The Morgan fingerprint density at radius 3 is 2.79 bits per heavy atom. The highest BCUT2D eigenvalue weighted by atomic mass is 16.5. The number of urea groups is 1. The third-order valence-corrected chi connectivity index (χ3v) is 6.18. The van der Waals surface area contributed by atoms with E-state index in [0.29, 0.717) is 30.0 Å². The summed E-state index contributed by atoms with van der Waals surface area (Å²) < 4.78 is 11.7. The van der Waals surface area contributed by atoms with E-state index in [0.717, 1.165) is 16.9 Å². The van der Waals surface area contributed by atoms with Gasteiger partial charge in [0.25, 0.3) is 5.91 Å². The Balaban J connectivity index is 1.39. The minimum absolute atomic E-state index is 0.115. The molecule has 2 aliphatic heterocycles. The van der Waals surface area contributed by atoms with Crippen molar-refractivity contribution in [2.24, 2.45) is 0 Å². The molecular weight excluding hydrogens is 418 g/mol. The molecule has 7 nitrogen and oxygen atoms in total. The topological polar surface area (TPSA) is 79.9 Å². The zero-order valence-electron chi connectivity index (χ0n) is 18.5. The van der Waals surface area contributed by atoms with E-state index in [-0.39, 0.29) is 18.0 Å². The van der Waals surface area contributed by atoms with E-state index in [4.69, 9.17) is 9.47 Å². The number of nitrogens with one attached hydrogen (secondary N) is 2. The molecule has 2 bridgehead atoms. The van der Waals surface area contributed by atoms with Crippen LogP contribution in [-0.4, -0.2) is 24.8 Å². The number of hydrogen-bond acceptors (Lipinski definition) is 4. The molecule has 0 aliphatic carbocycles. The number of anilines is 1. The molecule has 5 rings (SSSR count). The monoisotopic (exact) mass is 443 g/mol. The van der Waals surface area contributed by atoms with Gasteiger partial charge in [-0.2, -0.15) is 0 Å². The maximum absolute atomic E-state index is 13.1. The normalized spacial score (nSPS) is 20.8. The van der Waals surface area contributed by atoms with Crippen LogP contribution in [0.15, 0.2) is 72.8 Å². The van der Waals surface area contributed by atoms with E-state index in [9.17, 15) is 9.59 Å². The first kappa shape index (κ1) is 20.9. The molecule has 0 aromatic heterocycles. The highest BCUT2D eigenvalue weighted by molar-refractivity contribution is 5.99. The van der Waals surface area contributed by atoms with E-state index in [2.05, 4.69) is 10.6 Å². The van der Waals surface area contributed by atoms with Crippen molar-refractivity contribution in [2.75, 3.05) is 12.0 Å². The van der Waals surface area contributed by atoms with Crippen LogP contribution in [0.5, 0.6) is 11.5 Å². The Morgan fingerprint density at radius 2 is 1.94 bits per heavy atom. The first-order valence-electron chi connectivity index (χ1n) is 10.9. The van der Waals surface area contributed by atoms with Crippen LogP contribution >= 0.6 is 0 Å². The van der Waals surface area contributed by atoms with Crippen LogP contribution in [0.1, 0.15) is 40.9 Å². The van der Waals surface area contributed by atoms with E-state index in [1.54, 1.807) is 30.2 Å². The number of benzene rings is 3. The van der Waals surface area contributed by atoms with E-state index in [1.165, 1.54) is 0 Å². The Bertz CT molecular complexity index is 1230. The first-order chi connectivity index (χ1) is 16.0. The van der Waals surface area contributed by atoms with Crippen LogP contribution in [0.4, 0.5) is 10.5 Å². The third-order valence-electron chi connectivity index (χ3n) is 6.18. The number of amides is 3. The molecule has 3 amide bonds. The van der Waals surface area contributed by atoms with Gasteiger partial charge in [-0.3, -0.25) is 9.69 Å². The molecule has 33 heavy (non-hydrogen) atoms. The molecular formula is C26H25N3O4. The number of methoxy groups -OCH3 is 1. The van der Waals surface area contributed by atoms with Crippen molar-refractivity contribution in [2.45, 2.75) is 31.7 Å². The lowest BCUT2D eigenvalue weighted by molar-refractivity contribution is 0.0378. The van der Waals surface area contributed by atoms with Gasteiger partial charge in [0, 0.05) is 29.7 Å². The number of ether oxygens (including phenoxy) is 2. The first-order valence-corrected chi connectivity index (χ1v) is 10.9. The summed E-state index contributed by atoms with van der Waals surface area (Å²) >= 11 is 0. The molecule has 1 saturated heterocycles. The van der Waals surface area contributed by atoms with Crippen molar-refractivity contribution in [1.29, 1.82) is 0 Å². The molecule has 0 saturated carbocycles. The second-order valence-electron chi connectivity index (χ2n) is 8.40. The summed E-state index contributed by atoms with van der Waals surface area (Å²) in [6.07, 6.45) is 0.597. The fourth-order valence-corrected chi connectivity index (χ4v) is 4.63. The van der Waals surface area contributed by atoms with Gasteiger partial charge in [0.1, 0.15) is 11.5 Å². The second kappa shape index (κ2) is 8.16. The van der Waals surface area contributed by atoms with Gasteiger partial charge in [-0.15, -0.1) is 0 Å². The van der Waals surface area contributed by atoms with E-state index >= 15 is 0 Å². The van der Waals surface area contributed by atoms with Crippen LogP contribution in [0.25, 0.3) is 0 Å². The number of carbonyl (C=O) groups excluding carboxylic acids is 2. The fourth-order valence-electron chi connectivity index (χ4n) is 4.63. The average molecular weight is 444 g/mol. The largest absolute Gasteiger partial charge is 0.496 e. The average Bonchev–Trinajstić information content (AvgIpc) is 2.82. The summed E-state index contributed by atoms with van der Waals surface area (Å²) in [6, 6.07) is 21.9. The Labute approximate surface area is 192 Å². The minimum Gasteiger partial charge on any atom is -0.496 e. The molecule has 2 unspecified atom stereocenters. The zero-order chi connectivity index (χ0) is 23.0. The summed E-state index contributed by atoms with van der Waals surface area (Å²) in [5.74, 6) is 1.24. The van der Waals surface area contributed by atoms with Crippen LogP contribution in [0, 0.1) is 0 Å². The van der Waals surface area contributed by atoms with Crippen LogP contribution < -0.4 is 25.0 Å². The maximum atomic E-state index is 13.1. The summed E-state index contributed by atoms with van der Waals surface area (Å²) in [5, 5.41) is 6.01. The molecule has 2 heterocycles. The molecule has 2 aliphatic rings. The molecule has 168 valence electrons. The Kier molecular flexibility index (Phi) is 5.17. The lowest BCUT2D eigenvalue weighted by atomic mass is 9.90. The van der Waals surface area contributed by atoms with Gasteiger partial charge < -0.3 is 20.1 Å². The molecule has 0 spiro atoms. The summed E-state index contributed by atoms with van der Waals surface area (Å²) in [7, 11) is 1.60. The smallest absolute Gasteiger partial charge is 0.325 e. The van der Waals surface area contributed by atoms with Gasteiger partial charge in [-0.1, -0.05) is 42.5 Å². The van der Waals surface area contributed by atoms with Crippen molar-refractivity contribution in [3.05, 3.63) is 89.5 Å². The number of carbonyl (C=O) groups is 2. The molecule has 2 atom stereocenters. The predicted octanol–water partition coefficient (Wildman–Crippen LogP) is 4.39. The van der Waals surface area contributed by atoms with Gasteiger partial charge in [-0.25, -0.2) is 4.79 Å². The Morgan fingerprint density at radius 1 is 1.15 bits per heavy atom. The van der Waals surface area contributed by atoms with Crippen molar-refractivity contribution in [1.82, 2.24) is 10.6 Å². The van der Waals surface area contributed by atoms with Crippen molar-refractivity contribution in [3.8, 4) is 11.5 Å². The predicted molar refractivity (Wildman–Crippen MR) is 124 cm³/mol. The lowest BCUT2D eigenvalue weighted by Gasteiger charge is -2.50. The second-order valence-corrected chi connectivity index (χ2v) is 8.40. The van der Waals surface area contributed by atoms with Crippen molar-refractivity contribution >= 4 is 17.6 Å². The zero-order valence-corrected chi connectivity index (χ0v) is 18.5. The molecule has 1 fully saturated rings. The summed E-state index contributed by atoms with van der Waals surface area (Å²) in [5.41, 5.74) is 2.04. The van der Waals surface area contributed by atoms with Crippen molar-refractivity contribution < 1.29 is 19.1 Å². The number of fused-ring (bicyclic) bond motifs is 4. The van der Waals surface area contributed by atoms with Crippen molar-refractivity contribution in [3.63, 3.8) is 0 Å². The van der Waals surface area contributed by atoms with Crippen LogP contribution in [-0.2, 0) is 6.54 Å². The minimum atomic E-state index is -0.867. The summed E-state index contributed by atoms with van der Waals surface area (Å²) in [4.78, 5) is 27.6. The van der Waals surface area contributed by atoms with Gasteiger partial charge in [0.2, 0.25) is 0 Å². The molecule has 7 heteroatoms. The lowest BCUT2D eigenvalue weighted by Crippen LogP contribution is -2.65. The molecule has 3 aromatic rings. The fraction of sp³-hybridized carbons (Fsp3) is 0.231. The standard InChI is InChI=1S/C26H25N3O4/c1-26-15-21(20-11-4-6-13-23(20)33-26)28-25(31)29(26)19-10-7-9-17(14-19)24(30)27-16-18-8-3-5-12-22(18)32-2/h3-14,21H,15-16H2,1-2H3,(H,27,30)(H,28,31). The Hall–Kier alpha value is -4.00. The molecule has 0 radical (unpaired) electrons. The summed E-state index contributed by atoms with van der Waals surface area (Å²) in [6.45, 7) is 2.24. The highest BCUT2D eigenvalue weighted by Gasteiger charge is 2.49. The number of para-hydroxylation sites is 2. The quantitative estimate of drug-likeness (QED) is 0.613. The van der Waals surface area contributed by atoms with Crippen LogP contribution in [0.2, 0.25) is 0 Å². The van der Waals surface area contributed by atoms with Gasteiger partial charge in [-0.05, 0) is 37.3 Å². The number of nitrogens with zero attached hydrogens (tertiary/aromatic N) is 1. The van der Waals surface area contributed by atoms with E-state index < -0.39 is 5.72 Å². The number of rotatable bonds is 5. The maximum Gasteiger partial charge on any atom is 0.325 e. The third kappa shape index (κ3) is 3.75. The van der Waals surface area contributed by atoms with E-state index in [1.807, 2.05) is 61.5 Å². The molecule has 3 aromatic carbocycles. The highest BCUT2D eigenvalue weighted by Crippen LogP contribution is 2.45. The van der Waals surface area contributed by atoms with Gasteiger partial charge in [0.15, 0.2) is 5.72 Å². The van der Waals surface area contributed by atoms with Gasteiger partial charge in [0.05, 0.1) is 18.8 Å².